The molecule has 11 nitrogen and oxygen atoms in total. The van der Waals surface area contributed by atoms with Gasteiger partial charge in [-0.15, -0.1) is 10.2 Å². The van der Waals surface area contributed by atoms with E-state index >= 15 is 0 Å². The van der Waals surface area contributed by atoms with Crippen molar-refractivity contribution in [2.24, 2.45) is 5.92 Å². The van der Waals surface area contributed by atoms with Crippen molar-refractivity contribution in [2.45, 2.75) is 70.3 Å². The molecule has 1 saturated carbocycles. The van der Waals surface area contributed by atoms with Gasteiger partial charge in [-0.05, 0) is 62.4 Å². The third-order valence-electron chi connectivity index (χ3n) is 7.95. The maximum absolute atomic E-state index is 12.7. The normalized spacial score (nSPS) is 18.0. The van der Waals surface area contributed by atoms with E-state index in [0.717, 1.165) is 69.1 Å². The van der Waals surface area contributed by atoms with Crippen molar-refractivity contribution in [3.63, 3.8) is 0 Å². The predicted octanol–water partition coefficient (Wildman–Crippen LogP) is 3.86. The van der Waals surface area contributed by atoms with E-state index in [0.29, 0.717) is 28.6 Å². The molecule has 3 aromatic heterocycles. The number of rotatable bonds is 7. The summed E-state index contributed by atoms with van der Waals surface area (Å²) in [6.45, 7) is 3.05. The number of aromatic nitrogens is 8. The first-order valence-corrected chi connectivity index (χ1v) is 13.8. The van der Waals surface area contributed by atoms with Crippen LogP contribution in [0.25, 0.3) is 10.9 Å². The molecule has 1 aliphatic heterocycles. The molecule has 2 fully saturated rings. The lowest BCUT2D eigenvalue weighted by molar-refractivity contribution is 0.176. The largest absolute Gasteiger partial charge is 0.339 e. The Kier molecular flexibility index (Phi) is 7.34. The van der Waals surface area contributed by atoms with Crippen LogP contribution in [0.3, 0.4) is 0 Å². The van der Waals surface area contributed by atoms with Crippen LogP contribution in [0.5, 0.6) is 0 Å². The van der Waals surface area contributed by atoms with Crippen LogP contribution in [0, 0.1) is 5.92 Å². The number of aromatic amines is 2. The number of nitrogens with one attached hydrogen (secondary N) is 3. The topological polar surface area (TPSA) is 141 Å². The number of H-pyrrole nitrogens is 2. The number of hydrogen-bond acceptors (Lipinski definition) is 9. The summed E-state index contributed by atoms with van der Waals surface area (Å²) < 4.78 is 0. The smallest absolute Gasteiger partial charge is 0.277 e. The lowest BCUT2D eigenvalue weighted by atomic mass is 9.93. The fourth-order valence-corrected chi connectivity index (χ4v) is 5.80. The zero-order valence-corrected chi connectivity index (χ0v) is 21.6. The number of tetrazole rings is 1. The molecule has 2 aliphatic rings. The second-order valence-corrected chi connectivity index (χ2v) is 10.7. The average molecular weight is 515 g/mol. The Morgan fingerprint density at radius 1 is 0.974 bits per heavy atom. The highest BCUT2D eigenvalue weighted by atomic mass is 16.1. The third kappa shape index (κ3) is 5.72. The first-order chi connectivity index (χ1) is 18.7. The first kappa shape index (κ1) is 24.6. The van der Waals surface area contributed by atoms with E-state index in [4.69, 9.17) is 9.97 Å². The van der Waals surface area contributed by atoms with Crippen molar-refractivity contribution >= 4 is 22.4 Å². The van der Waals surface area contributed by atoms with Gasteiger partial charge in [0.25, 0.3) is 5.56 Å². The molecule has 1 saturated heterocycles. The second-order valence-electron chi connectivity index (χ2n) is 10.7. The number of nitrogens with zero attached hydrogens (tertiary/aromatic N) is 7. The van der Waals surface area contributed by atoms with E-state index in [-0.39, 0.29) is 5.56 Å². The van der Waals surface area contributed by atoms with Gasteiger partial charge < -0.3 is 5.32 Å². The molecule has 0 radical (unpaired) electrons. The van der Waals surface area contributed by atoms with Crippen molar-refractivity contribution in [1.29, 1.82) is 0 Å². The van der Waals surface area contributed by atoms with Crippen LogP contribution < -0.4 is 10.9 Å². The first-order valence-electron chi connectivity index (χ1n) is 13.8. The zero-order valence-electron chi connectivity index (χ0n) is 21.6. The molecule has 0 spiro atoms. The third-order valence-corrected chi connectivity index (χ3v) is 7.95. The van der Waals surface area contributed by atoms with Crippen LogP contribution in [0.4, 0.5) is 11.5 Å². The lowest BCUT2D eigenvalue weighted by Crippen LogP contribution is -2.34. The Bertz CT molecular complexity index is 1390. The summed E-state index contributed by atoms with van der Waals surface area (Å²) in [7, 11) is 0. The van der Waals surface area contributed by atoms with Crippen molar-refractivity contribution in [2.75, 3.05) is 18.4 Å². The molecule has 4 aromatic rings. The molecule has 0 bridgehead atoms. The van der Waals surface area contributed by atoms with Gasteiger partial charge in [-0.25, -0.2) is 15.1 Å². The van der Waals surface area contributed by atoms with Gasteiger partial charge in [-0.1, -0.05) is 43.0 Å². The molecular formula is C27H34N10O. The number of piperidine rings is 1. The predicted molar refractivity (Wildman–Crippen MR) is 144 cm³/mol. The van der Waals surface area contributed by atoms with Crippen molar-refractivity contribution < 1.29 is 0 Å². The molecule has 6 rings (SSSR count). The summed E-state index contributed by atoms with van der Waals surface area (Å²) in [6, 6.07) is 8.42. The molecule has 3 N–H and O–H groups in total. The van der Waals surface area contributed by atoms with Crippen LogP contribution in [0.15, 0.2) is 35.3 Å². The maximum Gasteiger partial charge on any atom is 0.277 e. The van der Waals surface area contributed by atoms with Gasteiger partial charge in [-0.3, -0.25) is 9.69 Å². The fraction of sp³-hybridized carbons (Fsp3) is 0.519. The van der Waals surface area contributed by atoms with E-state index in [1.165, 1.54) is 31.2 Å². The molecule has 1 aliphatic carbocycles. The van der Waals surface area contributed by atoms with Crippen LogP contribution in [0.2, 0.25) is 0 Å². The summed E-state index contributed by atoms with van der Waals surface area (Å²) in [4.78, 5) is 24.8. The monoisotopic (exact) mass is 514 g/mol. The summed E-state index contributed by atoms with van der Waals surface area (Å²) in [5.74, 6) is 3.10. The Hall–Kier alpha value is -3.73. The Balaban J connectivity index is 1.13. The summed E-state index contributed by atoms with van der Waals surface area (Å²) in [5.41, 5.74) is 2.47. The van der Waals surface area contributed by atoms with Gasteiger partial charge in [0.1, 0.15) is 22.5 Å². The van der Waals surface area contributed by atoms with Gasteiger partial charge in [0.15, 0.2) is 5.82 Å². The molecular weight excluding hydrogens is 480 g/mol. The summed E-state index contributed by atoms with van der Waals surface area (Å²) in [5, 5.41) is 24.8. The summed E-state index contributed by atoms with van der Waals surface area (Å²) >= 11 is 0. The van der Waals surface area contributed by atoms with E-state index < -0.39 is 0 Å². The van der Waals surface area contributed by atoms with Gasteiger partial charge in [0.05, 0.1) is 6.20 Å². The second kappa shape index (κ2) is 11.3. The van der Waals surface area contributed by atoms with Crippen LogP contribution in [0.1, 0.15) is 74.5 Å². The number of fused-ring (bicyclic) bond motifs is 1. The van der Waals surface area contributed by atoms with Gasteiger partial charge in [-0.2, -0.15) is 10.3 Å². The number of hydrogen-bond donors (Lipinski definition) is 3. The van der Waals surface area contributed by atoms with Crippen LogP contribution in [-0.2, 0) is 13.0 Å². The molecule has 1 aromatic carbocycles. The highest BCUT2D eigenvalue weighted by Gasteiger charge is 2.22. The Morgan fingerprint density at radius 3 is 2.50 bits per heavy atom. The van der Waals surface area contributed by atoms with Crippen LogP contribution in [-0.4, -0.2) is 58.8 Å². The quantitative estimate of drug-likeness (QED) is 0.313. The number of benzene rings is 1. The van der Waals surface area contributed by atoms with Gasteiger partial charge >= 0.3 is 0 Å². The number of likely N-dealkylation sites (tertiary alicyclic amines) is 1. The molecule has 38 heavy (non-hydrogen) atoms. The Labute approximate surface area is 220 Å². The zero-order chi connectivity index (χ0) is 25.7. The Morgan fingerprint density at radius 2 is 1.76 bits per heavy atom. The molecule has 0 amide bonds. The minimum atomic E-state index is -0.281. The lowest BCUT2D eigenvalue weighted by Gasteiger charge is -2.31. The van der Waals surface area contributed by atoms with Crippen molar-refractivity contribution in [3.05, 3.63) is 58.0 Å². The van der Waals surface area contributed by atoms with E-state index in [1.54, 1.807) is 6.20 Å². The summed E-state index contributed by atoms with van der Waals surface area (Å²) in [6.07, 6.45) is 11.9. The average Bonchev–Trinajstić information content (AvgIpc) is 3.29. The van der Waals surface area contributed by atoms with Gasteiger partial charge in [0.2, 0.25) is 0 Å². The molecule has 198 valence electrons. The van der Waals surface area contributed by atoms with Crippen LogP contribution >= 0.6 is 0 Å². The maximum atomic E-state index is 12.7. The molecule has 0 atom stereocenters. The number of anilines is 2. The van der Waals surface area contributed by atoms with Gasteiger partial charge in [0, 0.05) is 24.6 Å². The molecule has 11 heteroatoms. The fourth-order valence-electron chi connectivity index (χ4n) is 5.80. The van der Waals surface area contributed by atoms with Crippen molar-refractivity contribution in [1.82, 2.24) is 45.7 Å². The van der Waals surface area contributed by atoms with E-state index in [2.05, 4.69) is 65.3 Å². The minimum Gasteiger partial charge on any atom is -0.339 e. The van der Waals surface area contributed by atoms with E-state index in [9.17, 15) is 4.79 Å². The highest BCUT2D eigenvalue weighted by molar-refractivity contribution is 5.89. The molecule has 4 heterocycles. The SMILES string of the molecule is O=c1[nH]ncc2nc(C3CCCCCC3)nc(Nc3ccc(CN4CCC(Cc5nn[nH]n5)CC4)cc3)c12. The highest BCUT2D eigenvalue weighted by Crippen LogP contribution is 2.32. The molecule has 0 unspecified atom stereocenters. The van der Waals surface area contributed by atoms with E-state index in [1.807, 2.05) is 0 Å². The minimum absolute atomic E-state index is 0.281. The standard InChI is InChI=1S/C27H34N10O/c38-27-24-22(16-28-34-27)30-25(20-5-3-1-2-4-6-20)31-26(24)29-21-9-7-19(8-10-21)17-37-13-11-18(12-14-37)15-23-32-35-36-33-23/h7-10,16,18,20H,1-6,11-15,17H2,(H,34,38)(H,29,30,31)(H,32,33,35,36). The van der Waals surface area contributed by atoms with Crippen molar-refractivity contribution in [3.8, 4) is 0 Å².